The Morgan fingerprint density at radius 3 is 2.67 bits per heavy atom. The van der Waals surface area contributed by atoms with Crippen LogP contribution in [-0.2, 0) is 9.53 Å². The lowest BCUT2D eigenvalue weighted by molar-refractivity contribution is -0.144. The molecule has 0 aromatic rings. The molecule has 2 N–H and O–H groups in total. The lowest BCUT2D eigenvalue weighted by Crippen LogP contribution is -2.58. The highest BCUT2D eigenvalue weighted by molar-refractivity contribution is 5.86. The first-order valence-electron chi connectivity index (χ1n) is 6.29. The molecule has 0 bridgehead atoms. The van der Waals surface area contributed by atoms with E-state index in [2.05, 4.69) is 5.32 Å². The molecule has 1 heterocycles. The van der Waals surface area contributed by atoms with Crippen molar-refractivity contribution in [1.82, 2.24) is 10.2 Å². The molecule has 1 aliphatic heterocycles. The van der Waals surface area contributed by atoms with Crippen LogP contribution >= 0.6 is 0 Å². The van der Waals surface area contributed by atoms with Gasteiger partial charge in [-0.3, -0.25) is 0 Å². The Balaban J connectivity index is 2.65. The number of ether oxygens (including phenoxy) is 1. The van der Waals surface area contributed by atoms with Gasteiger partial charge in [-0.1, -0.05) is 13.3 Å². The molecule has 1 aliphatic rings. The number of hydrogen-bond donors (Lipinski definition) is 2. The number of carbonyl (C=O) groups is 2. The Hall–Kier alpha value is -1.30. The van der Waals surface area contributed by atoms with Crippen LogP contribution in [0.5, 0.6) is 0 Å². The second-order valence-corrected chi connectivity index (χ2v) is 4.87. The van der Waals surface area contributed by atoms with Crippen molar-refractivity contribution in [2.75, 3.05) is 20.3 Å². The van der Waals surface area contributed by atoms with Gasteiger partial charge in [0.2, 0.25) is 0 Å². The van der Waals surface area contributed by atoms with Gasteiger partial charge in [-0.25, -0.2) is 9.59 Å². The zero-order valence-corrected chi connectivity index (χ0v) is 11.2. The van der Waals surface area contributed by atoms with Crippen LogP contribution in [0.2, 0.25) is 0 Å². The van der Waals surface area contributed by atoms with E-state index in [9.17, 15) is 14.7 Å². The quantitative estimate of drug-likeness (QED) is 0.773. The maximum absolute atomic E-state index is 12.0. The fourth-order valence-electron chi connectivity index (χ4n) is 1.99. The molecule has 2 amide bonds. The van der Waals surface area contributed by atoms with Crippen molar-refractivity contribution in [2.45, 2.75) is 44.7 Å². The topological polar surface area (TPSA) is 78.9 Å². The van der Waals surface area contributed by atoms with E-state index < -0.39 is 11.5 Å². The first-order valence-corrected chi connectivity index (χ1v) is 6.29. The monoisotopic (exact) mass is 258 g/mol. The Morgan fingerprint density at radius 2 is 2.22 bits per heavy atom. The number of amides is 2. The summed E-state index contributed by atoms with van der Waals surface area (Å²) < 4.78 is 5.10. The van der Waals surface area contributed by atoms with Crippen LogP contribution in [0.3, 0.4) is 0 Å². The second-order valence-electron chi connectivity index (χ2n) is 4.87. The van der Waals surface area contributed by atoms with Crippen molar-refractivity contribution in [2.24, 2.45) is 0 Å². The largest absolute Gasteiger partial charge is 0.479 e. The van der Waals surface area contributed by atoms with E-state index in [1.54, 1.807) is 11.9 Å². The molecule has 0 aromatic heterocycles. The minimum absolute atomic E-state index is 0.0318. The first kappa shape index (κ1) is 14.8. The van der Waals surface area contributed by atoms with Gasteiger partial charge in [-0.2, -0.15) is 0 Å². The van der Waals surface area contributed by atoms with Crippen molar-refractivity contribution in [3.8, 4) is 0 Å². The fourth-order valence-corrected chi connectivity index (χ4v) is 1.99. The van der Waals surface area contributed by atoms with Crippen LogP contribution in [-0.4, -0.2) is 53.8 Å². The maximum atomic E-state index is 12.0. The molecule has 1 saturated heterocycles. The summed E-state index contributed by atoms with van der Waals surface area (Å²) in [5.74, 6) is -1.04. The van der Waals surface area contributed by atoms with Gasteiger partial charge in [-0.15, -0.1) is 0 Å². The molecule has 0 spiro atoms. The highest BCUT2D eigenvalue weighted by atomic mass is 16.5. The molecule has 2 atom stereocenters. The number of hydrogen-bond acceptors (Lipinski definition) is 3. The summed E-state index contributed by atoms with van der Waals surface area (Å²) in [7, 11) is 1.68. The molecule has 0 aliphatic carbocycles. The van der Waals surface area contributed by atoms with Crippen LogP contribution in [0.15, 0.2) is 0 Å². The van der Waals surface area contributed by atoms with Crippen LogP contribution in [0, 0.1) is 0 Å². The minimum atomic E-state index is -1.27. The summed E-state index contributed by atoms with van der Waals surface area (Å²) in [5.41, 5.74) is -1.27. The third-order valence-corrected chi connectivity index (χ3v) is 3.47. The van der Waals surface area contributed by atoms with E-state index in [1.165, 1.54) is 0 Å². The highest BCUT2D eigenvalue weighted by Crippen LogP contribution is 2.19. The smallest absolute Gasteiger partial charge is 0.332 e. The van der Waals surface area contributed by atoms with Gasteiger partial charge < -0.3 is 20.1 Å². The number of carboxylic acids is 1. The van der Waals surface area contributed by atoms with Gasteiger partial charge in [0.1, 0.15) is 0 Å². The second kappa shape index (κ2) is 6.04. The Bertz CT molecular complexity index is 313. The van der Waals surface area contributed by atoms with E-state index in [-0.39, 0.29) is 18.7 Å². The van der Waals surface area contributed by atoms with Crippen molar-refractivity contribution < 1.29 is 19.4 Å². The summed E-state index contributed by atoms with van der Waals surface area (Å²) in [6.45, 7) is 4.39. The van der Waals surface area contributed by atoms with Crippen molar-refractivity contribution in [3.05, 3.63) is 0 Å². The molecule has 2 unspecified atom stereocenters. The van der Waals surface area contributed by atoms with E-state index >= 15 is 0 Å². The number of carbonyl (C=O) groups excluding carboxylic acids is 1. The van der Waals surface area contributed by atoms with Gasteiger partial charge in [0.25, 0.3) is 0 Å². The minimum Gasteiger partial charge on any atom is -0.479 e. The molecule has 0 saturated carbocycles. The third-order valence-electron chi connectivity index (χ3n) is 3.47. The molecule has 0 radical (unpaired) electrons. The van der Waals surface area contributed by atoms with E-state index in [4.69, 9.17) is 4.74 Å². The fraction of sp³-hybridized carbons (Fsp3) is 0.833. The van der Waals surface area contributed by atoms with Gasteiger partial charge in [0.05, 0.1) is 6.61 Å². The molecule has 18 heavy (non-hydrogen) atoms. The molecular weight excluding hydrogens is 236 g/mol. The number of aliphatic carboxylic acids is 1. The molecular formula is C12H22N2O4. The maximum Gasteiger partial charge on any atom is 0.332 e. The summed E-state index contributed by atoms with van der Waals surface area (Å²) in [6, 6.07) is -0.271. The van der Waals surface area contributed by atoms with E-state index in [1.807, 2.05) is 13.8 Å². The molecule has 1 fully saturated rings. The van der Waals surface area contributed by atoms with Gasteiger partial charge in [0, 0.05) is 26.1 Å². The lowest BCUT2D eigenvalue weighted by Gasteiger charge is -2.30. The normalized spacial score (nSPS) is 24.6. The summed E-state index contributed by atoms with van der Waals surface area (Å²) in [4.78, 5) is 24.8. The number of urea groups is 1. The average molecular weight is 258 g/mol. The number of nitrogens with one attached hydrogen (secondary N) is 1. The Kier molecular flexibility index (Phi) is 4.95. The van der Waals surface area contributed by atoms with Crippen LogP contribution in [0.4, 0.5) is 4.79 Å². The van der Waals surface area contributed by atoms with Gasteiger partial charge in [-0.05, 0) is 13.3 Å². The zero-order valence-electron chi connectivity index (χ0n) is 11.2. The van der Waals surface area contributed by atoms with Crippen molar-refractivity contribution >= 4 is 12.0 Å². The number of carboxylic acid groups (broad SMARTS) is 1. The summed E-state index contributed by atoms with van der Waals surface area (Å²) >= 11 is 0. The predicted molar refractivity (Wildman–Crippen MR) is 66.5 cm³/mol. The third kappa shape index (κ3) is 3.13. The van der Waals surface area contributed by atoms with Gasteiger partial charge in [0.15, 0.2) is 5.54 Å². The van der Waals surface area contributed by atoms with Crippen LogP contribution < -0.4 is 5.32 Å². The SMILES string of the molecule is CCCC(C)N(C)C(=O)NC1(C(=O)O)CCOC1. The Labute approximate surface area is 107 Å². The van der Waals surface area contributed by atoms with Crippen LogP contribution in [0.1, 0.15) is 33.1 Å². The number of rotatable bonds is 5. The molecule has 6 heteroatoms. The number of nitrogens with zero attached hydrogens (tertiary/aromatic N) is 1. The summed E-state index contributed by atoms with van der Waals surface area (Å²) in [6.07, 6.45) is 2.18. The van der Waals surface area contributed by atoms with Gasteiger partial charge >= 0.3 is 12.0 Å². The standard InChI is InChI=1S/C12H22N2O4/c1-4-5-9(2)14(3)11(17)13-12(10(15)16)6-7-18-8-12/h9H,4-8H2,1-3H3,(H,13,17)(H,15,16). The molecule has 6 nitrogen and oxygen atoms in total. The van der Waals surface area contributed by atoms with Crippen molar-refractivity contribution in [3.63, 3.8) is 0 Å². The molecule has 104 valence electrons. The van der Waals surface area contributed by atoms with Crippen LogP contribution in [0.25, 0.3) is 0 Å². The lowest BCUT2D eigenvalue weighted by atomic mass is 9.99. The summed E-state index contributed by atoms with van der Waals surface area (Å²) in [5, 5.41) is 11.8. The van der Waals surface area contributed by atoms with Crippen molar-refractivity contribution in [1.29, 1.82) is 0 Å². The molecule has 0 aromatic carbocycles. The highest BCUT2D eigenvalue weighted by Gasteiger charge is 2.44. The van der Waals surface area contributed by atoms with E-state index in [0.717, 1.165) is 12.8 Å². The first-order chi connectivity index (χ1) is 8.43. The molecule has 1 rings (SSSR count). The van der Waals surface area contributed by atoms with E-state index in [0.29, 0.717) is 13.0 Å². The predicted octanol–water partition coefficient (Wildman–Crippen LogP) is 1.06. The zero-order chi connectivity index (χ0) is 13.8. The average Bonchev–Trinajstić information content (AvgIpc) is 2.78. The Morgan fingerprint density at radius 1 is 1.56 bits per heavy atom.